The zero-order chi connectivity index (χ0) is 18.7. The van der Waals surface area contributed by atoms with Gasteiger partial charge in [0.05, 0.1) is 10.7 Å². The number of aromatic nitrogens is 1. The fourth-order valence-electron chi connectivity index (χ4n) is 4.50. The van der Waals surface area contributed by atoms with Gasteiger partial charge in [-0.05, 0) is 44.1 Å². The predicted molar refractivity (Wildman–Crippen MR) is 108 cm³/mol. The SMILES string of the molecule is Cc1nc(C2(c3ccccc3)CCN(C(=O)CC3CCOCC3)CC2)cs1. The molecule has 2 saturated heterocycles. The van der Waals surface area contributed by atoms with E-state index in [2.05, 4.69) is 47.5 Å². The number of benzene rings is 1. The molecule has 5 heteroatoms. The smallest absolute Gasteiger partial charge is 0.222 e. The molecule has 2 aromatic rings. The van der Waals surface area contributed by atoms with Gasteiger partial charge in [-0.3, -0.25) is 4.79 Å². The van der Waals surface area contributed by atoms with E-state index in [4.69, 9.17) is 9.72 Å². The minimum atomic E-state index is -0.0680. The minimum Gasteiger partial charge on any atom is -0.381 e. The molecule has 0 spiro atoms. The lowest BCUT2D eigenvalue weighted by Crippen LogP contribution is -2.46. The molecule has 0 bridgehead atoms. The van der Waals surface area contributed by atoms with Crippen LogP contribution in [-0.4, -0.2) is 42.1 Å². The van der Waals surface area contributed by atoms with E-state index in [0.29, 0.717) is 18.2 Å². The number of likely N-dealkylation sites (tertiary alicyclic amines) is 1. The molecule has 0 unspecified atom stereocenters. The van der Waals surface area contributed by atoms with Gasteiger partial charge in [0, 0.05) is 43.5 Å². The van der Waals surface area contributed by atoms with Gasteiger partial charge in [-0.1, -0.05) is 30.3 Å². The Bertz CT molecular complexity index is 760. The maximum absolute atomic E-state index is 12.8. The molecule has 27 heavy (non-hydrogen) atoms. The Labute approximate surface area is 165 Å². The van der Waals surface area contributed by atoms with Crippen LogP contribution in [0.5, 0.6) is 0 Å². The van der Waals surface area contributed by atoms with E-state index in [-0.39, 0.29) is 5.41 Å². The van der Waals surface area contributed by atoms with E-state index >= 15 is 0 Å². The first-order valence-corrected chi connectivity index (χ1v) is 10.9. The Morgan fingerprint density at radius 2 is 1.93 bits per heavy atom. The van der Waals surface area contributed by atoms with Gasteiger partial charge in [-0.2, -0.15) is 0 Å². The molecule has 1 aromatic carbocycles. The third-order valence-corrected chi connectivity index (χ3v) is 6.98. The van der Waals surface area contributed by atoms with Crippen molar-refractivity contribution in [3.8, 4) is 0 Å². The van der Waals surface area contributed by atoms with Crippen molar-refractivity contribution in [3.05, 3.63) is 52.0 Å². The summed E-state index contributed by atoms with van der Waals surface area (Å²) in [5.41, 5.74) is 2.43. The number of hydrogen-bond donors (Lipinski definition) is 0. The topological polar surface area (TPSA) is 42.4 Å². The predicted octanol–water partition coefficient (Wildman–Crippen LogP) is 4.18. The van der Waals surface area contributed by atoms with Gasteiger partial charge < -0.3 is 9.64 Å². The molecular formula is C22H28N2O2S. The standard InChI is InChI=1S/C22H28N2O2S/c1-17-23-20(16-27-17)22(19-5-3-2-4-6-19)9-11-24(12-10-22)21(25)15-18-7-13-26-14-8-18/h2-6,16,18H,7-15H2,1H3. The van der Waals surface area contributed by atoms with Gasteiger partial charge in [0.25, 0.3) is 0 Å². The van der Waals surface area contributed by atoms with Crippen molar-refractivity contribution in [2.45, 2.75) is 44.4 Å². The lowest BCUT2D eigenvalue weighted by Gasteiger charge is -2.42. The van der Waals surface area contributed by atoms with E-state index in [9.17, 15) is 4.79 Å². The van der Waals surface area contributed by atoms with E-state index in [1.54, 1.807) is 11.3 Å². The number of rotatable bonds is 4. The number of aryl methyl sites for hydroxylation is 1. The lowest BCUT2D eigenvalue weighted by atomic mass is 9.70. The van der Waals surface area contributed by atoms with Crippen LogP contribution < -0.4 is 0 Å². The third-order valence-electron chi connectivity index (χ3n) is 6.21. The molecule has 0 radical (unpaired) electrons. The van der Waals surface area contributed by atoms with E-state index in [1.807, 2.05) is 0 Å². The lowest BCUT2D eigenvalue weighted by molar-refractivity contribution is -0.134. The Hall–Kier alpha value is -1.72. The largest absolute Gasteiger partial charge is 0.381 e. The van der Waals surface area contributed by atoms with Gasteiger partial charge in [-0.15, -0.1) is 11.3 Å². The molecule has 144 valence electrons. The maximum atomic E-state index is 12.8. The van der Waals surface area contributed by atoms with E-state index in [1.165, 1.54) is 11.3 Å². The third kappa shape index (κ3) is 3.94. The highest BCUT2D eigenvalue weighted by Crippen LogP contribution is 2.42. The quantitative estimate of drug-likeness (QED) is 0.794. The average molecular weight is 385 g/mol. The van der Waals surface area contributed by atoms with Crippen molar-refractivity contribution >= 4 is 17.2 Å². The molecule has 2 aliphatic rings. The normalized spacial score (nSPS) is 20.6. The van der Waals surface area contributed by atoms with Crippen LogP contribution in [0.3, 0.4) is 0 Å². The summed E-state index contributed by atoms with van der Waals surface area (Å²) in [4.78, 5) is 19.8. The van der Waals surface area contributed by atoms with Crippen molar-refractivity contribution in [3.63, 3.8) is 0 Å². The second kappa shape index (κ2) is 8.11. The molecule has 4 nitrogen and oxygen atoms in total. The van der Waals surface area contributed by atoms with Crippen LogP contribution in [0.25, 0.3) is 0 Å². The summed E-state index contributed by atoms with van der Waals surface area (Å²) >= 11 is 1.72. The fourth-order valence-corrected chi connectivity index (χ4v) is 5.21. The Kier molecular flexibility index (Phi) is 5.60. The molecule has 0 aliphatic carbocycles. The minimum absolute atomic E-state index is 0.0680. The second-order valence-electron chi connectivity index (χ2n) is 7.84. The van der Waals surface area contributed by atoms with Crippen molar-refractivity contribution in [2.24, 2.45) is 5.92 Å². The van der Waals surface area contributed by atoms with E-state index in [0.717, 1.165) is 57.0 Å². The summed E-state index contributed by atoms with van der Waals surface area (Å²) in [6.45, 7) is 5.30. The van der Waals surface area contributed by atoms with Crippen LogP contribution in [0, 0.1) is 12.8 Å². The monoisotopic (exact) mass is 384 g/mol. The highest BCUT2D eigenvalue weighted by atomic mass is 32.1. The second-order valence-corrected chi connectivity index (χ2v) is 8.90. The number of nitrogens with zero attached hydrogens (tertiary/aromatic N) is 2. The van der Waals surface area contributed by atoms with Crippen LogP contribution in [0.1, 0.15) is 48.4 Å². The molecular weight excluding hydrogens is 356 g/mol. The van der Waals surface area contributed by atoms with E-state index < -0.39 is 0 Å². The van der Waals surface area contributed by atoms with Gasteiger partial charge in [0.15, 0.2) is 0 Å². The molecule has 2 fully saturated rings. The molecule has 1 amide bonds. The van der Waals surface area contributed by atoms with Gasteiger partial charge in [0.1, 0.15) is 0 Å². The van der Waals surface area contributed by atoms with Crippen LogP contribution in [-0.2, 0) is 14.9 Å². The number of thiazole rings is 1. The first-order chi connectivity index (χ1) is 13.2. The number of carbonyl (C=O) groups excluding carboxylic acids is 1. The van der Waals surface area contributed by atoms with Gasteiger partial charge in [0.2, 0.25) is 5.91 Å². The fraction of sp³-hybridized carbons (Fsp3) is 0.545. The zero-order valence-corrected chi connectivity index (χ0v) is 16.8. The summed E-state index contributed by atoms with van der Waals surface area (Å²) < 4.78 is 5.42. The summed E-state index contributed by atoms with van der Waals surface area (Å²) in [6.07, 6.45) is 4.61. The van der Waals surface area contributed by atoms with Gasteiger partial charge in [-0.25, -0.2) is 4.98 Å². The number of ether oxygens (including phenoxy) is 1. The highest BCUT2D eigenvalue weighted by Gasteiger charge is 2.40. The Balaban J connectivity index is 1.49. The van der Waals surface area contributed by atoms with Crippen LogP contribution in [0.2, 0.25) is 0 Å². The highest BCUT2D eigenvalue weighted by molar-refractivity contribution is 7.09. The number of amides is 1. The first-order valence-electron chi connectivity index (χ1n) is 10.0. The maximum Gasteiger partial charge on any atom is 0.222 e. The van der Waals surface area contributed by atoms with Crippen molar-refractivity contribution in [2.75, 3.05) is 26.3 Å². The van der Waals surface area contributed by atoms with Gasteiger partial charge >= 0.3 is 0 Å². The molecule has 0 N–H and O–H groups in total. The number of hydrogen-bond acceptors (Lipinski definition) is 4. The zero-order valence-electron chi connectivity index (χ0n) is 16.0. The first kappa shape index (κ1) is 18.6. The molecule has 4 rings (SSSR count). The van der Waals surface area contributed by atoms with Crippen LogP contribution in [0.15, 0.2) is 35.7 Å². The molecule has 2 aliphatic heterocycles. The number of piperidine rings is 1. The number of carbonyl (C=O) groups is 1. The van der Waals surface area contributed by atoms with Crippen LogP contribution in [0.4, 0.5) is 0 Å². The molecule has 3 heterocycles. The average Bonchev–Trinajstić information content (AvgIpc) is 3.16. The Morgan fingerprint density at radius 1 is 1.22 bits per heavy atom. The van der Waals surface area contributed by atoms with Crippen LogP contribution >= 0.6 is 11.3 Å². The van der Waals surface area contributed by atoms with Crippen molar-refractivity contribution in [1.82, 2.24) is 9.88 Å². The molecule has 0 saturated carbocycles. The molecule has 0 atom stereocenters. The summed E-state index contributed by atoms with van der Waals surface area (Å²) in [7, 11) is 0. The van der Waals surface area contributed by atoms with Crippen molar-refractivity contribution in [1.29, 1.82) is 0 Å². The molecule has 1 aromatic heterocycles. The summed E-state index contributed by atoms with van der Waals surface area (Å²) in [5.74, 6) is 0.811. The summed E-state index contributed by atoms with van der Waals surface area (Å²) in [5, 5.41) is 3.32. The van der Waals surface area contributed by atoms with Crippen molar-refractivity contribution < 1.29 is 9.53 Å². The summed E-state index contributed by atoms with van der Waals surface area (Å²) in [6, 6.07) is 10.7. The Morgan fingerprint density at radius 3 is 2.56 bits per heavy atom.